The van der Waals surface area contributed by atoms with Crippen LogP contribution in [0.5, 0.6) is 11.5 Å². The molecule has 2 unspecified atom stereocenters. The van der Waals surface area contributed by atoms with Crippen molar-refractivity contribution in [1.29, 1.82) is 0 Å². The second kappa shape index (κ2) is 11.3. The summed E-state index contributed by atoms with van der Waals surface area (Å²) >= 11 is 0. The van der Waals surface area contributed by atoms with Crippen LogP contribution in [0.25, 0.3) is 10.9 Å². The van der Waals surface area contributed by atoms with Gasteiger partial charge < -0.3 is 34.4 Å². The Balaban J connectivity index is 1.43. The number of amides is 1. The van der Waals surface area contributed by atoms with Crippen molar-refractivity contribution in [3.63, 3.8) is 0 Å². The molecule has 1 fully saturated rings. The van der Waals surface area contributed by atoms with Gasteiger partial charge >= 0.3 is 5.97 Å². The molecule has 4 rings (SSSR count). The van der Waals surface area contributed by atoms with Gasteiger partial charge in [-0.3, -0.25) is 9.59 Å². The average Bonchev–Trinajstić information content (AvgIpc) is 2.89. The van der Waals surface area contributed by atoms with E-state index in [2.05, 4.69) is 15.3 Å². The minimum Gasteiger partial charge on any atom is -0.494 e. The monoisotopic (exact) mass is 519 g/mol. The number of halogens is 2. The number of methoxy groups -OCH3 is 1. The van der Waals surface area contributed by atoms with Crippen molar-refractivity contribution in [3.8, 4) is 11.5 Å². The summed E-state index contributed by atoms with van der Waals surface area (Å²) in [7, 11) is 1.32. The number of carboxylic acids is 1. The number of rotatable bonds is 9. The lowest BCUT2D eigenvalue weighted by Gasteiger charge is -2.27. The number of H-pyrrole nitrogens is 1. The normalized spacial score (nSPS) is 17.4. The second-order valence-electron chi connectivity index (χ2n) is 8.09. The molecule has 11 nitrogen and oxygen atoms in total. The van der Waals surface area contributed by atoms with Crippen molar-refractivity contribution in [2.45, 2.75) is 25.2 Å². The highest BCUT2D eigenvalue weighted by Gasteiger charge is 2.27. The quantitative estimate of drug-likeness (QED) is 0.385. The molecular formula is C24H23F2N3O8. The van der Waals surface area contributed by atoms with Gasteiger partial charge in [-0.1, -0.05) is 6.07 Å². The van der Waals surface area contributed by atoms with E-state index in [0.29, 0.717) is 5.56 Å². The van der Waals surface area contributed by atoms with Crippen LogP contribution in [0.1, 0.15) is 22.6 Å². The molecule has 37 heavy (non-hydrogen) atoms. The maximum atomic E-state index is 14.5. The summed E-state index contributed by atoms with van der Waals surface area (Å²) < 4.78 is 49.1. The molecule has 2 aromatic carbocycles. The molecule has 1 aromatic heterocycles. The van der Waals surface area contributed by atoms with E-state index in [0.717, 1.165) is 6.07 Å². The molecule has 1 aliphatic heterocycles. The number of hydrogen-bond acceptors (Lipinski definition) is 8. The lowest BCUT2D eigenvalue weighted by molar-refractivity contribution is -0.176. The summed E-state index contributed by atoms with van der Waals surface area (Å²) in [4.78, 5) is 42.7. The fraction of sp³-hybridized carbons (Fsp3) is 0.333. The van der Waals surface area contributed by atoms with E-state index in [-0.39, 0.29) is 61.0 Å². The van der Waals surface area contributed by atoms with Crippen LogP contribution in [-0.4, -0.2) is 66.1 Å². The average molecular weight is 519 g/mol. The zero-order valence-electron chi connectivity index (χ0n) is 19.6. The molecule has 0 aliphatic carbocycles. The first-order valence-electron chi connectivity index (χ1n) is 11.2. The molecular weight excluding hydrogens is 496 g/mol. The Morgan fingerprint density at radius 1 is 1.19 bits per heavy atom. The number of ether oxygens (including phenoxy) is 4. The van der Waals surface area contributed by atoms with Crippen molar-refractivity contribution in [3.05, 3.63) is 63.7 Å². The number of aromatic nitrogens is 2. The van der Waals surface area contributed by atoms with Crippen molar-refractivity contribution in [2.24, 2.45) is 0 Å². The Morgan fingerprint density at radius 3 is 2.68 bits per heavy atom. The molecule has 1 saturated heterocycles. The summed E-state index contributed by atoms with van der Waals surface area (Å²) in [6, 6.07) is 6.41. The van der Waals surface area contributed by atoms with Crippen LogP contribution in [-0.2, 0) is 20.8 Å². The highest BCUT2D eigenvalue weighted by molar-refractivity contribution is 5.93. The fourth-order valence-corrected chi connectivity index (χ4v) is 3.65. The zero-order valence-corrected chi connectivity index (χ0v) is 19.6. The van der Waals surface area contributed by atoms with E-state index in [1.807, 2.05) is 0 Å². The Kier molecular flexibility index (Phi) is 7.94. The Bertz CT molecular complexity index is 1370. The van der Waals surface area contributed by atoms with Gasteiger partial charge in [0.2, 0.25) is 0 Å². The van der Waals surface area contributed by atoms with E-state index in [9.17, 15) is 23.2 Å². The van der Waals surface area contributed by atoms with Gasteiger partial charge in [-0.15, -0.1) is 0 Å². The van der Waals surface area contributed by atoms with Gasteiger partial charge in [-0.25, -0.2) is 18.6 Å². The number of fused-ring (bicyclic) bond motifs is 1. The van der Waals surface area contributed by atoms with Gasteiger partial charge in [0.15, 0.2) is 35.1 Å². The lowest BCUT2D eigenvalue weighted by Crippen LogP contribution is -2.40. The van der Waals surface area contributed by atoms with E-state index >= 15 is 0 Å². The van der Waals surface area contributed by atoms with Gasteiger partial charge in [-0.2, -0.15) is 0 Å². The van der Waals surface area contributed by atoms with E-state index in [4.69, 9.17) is 24.1 Å². The van der Waals surface area contributed by atoms with E-state index in [1.165, 1.54) is 31.4 Å². The molecule has 3 aromatic rings. The van der Waals surface area contributed by atoms with Crippen LogP contribution in [0, 0.1) is 11.6 Å². The van der Waals surface area contributed by atoms with Crippen LogP contribution >= 0.6 is 0 Å². The largest absolute Gasteiger partial charge is 0.494 e. The molecule has 2 atom stereocenters. The van der Waals surface area contributed by atoms with Crippen LogP contribution < -0.4 is 20.3 Å². The number of carbonyl (C=O) groups excluding carboxylic acids is 1. The van der Waals surface area contributed by atoms with Crippen molar-refractivity contribution in [2.75, 3.05) is 26.9 Å². The first-order chi connectivity index (χ1) is 17.8. The lowest BCUT2D eigenvalue weighted by atomic mass is 10.2. The van der Waals surface area contributed by atoms with Crippen molar-refractivity contribution in [1.82, 2.24) is 15.3 Å². The third-order valence-corrected chi connectivity index (χ3v) is 5.59. The molecule has 0 bridgehead atoms. The highest BCUT2D eigenvalue weighted by Crippen LogP contribution is 2.26. The van der Waals surface area contributed by atoms with Crippen LogP contribution in [0.4, 0.5) is 8.78 Å². The number of aromatic amines is 1. The topological polar surface area (TPSA) is 149 Å². The Morgan fingerprint density at radius 2 is 1.97 bits per heavy atom. The van der Waals surface area contributed by atoms with E-state index < -0.39 is 41.3 Å². The minimum absolute atomic E-state index is 0.00909. The molecule has 196 valence electrons. The SMILES string of the molecule is COc1cc(CNC(=O)c2nc3ccc(F)c(OCCC4COC(C(=O)O)CO4)c3c(=O)[nH]2)ccc1F. The summed E-state index contributed by atoms with van der Waals surface area (Å²) in [6.07, 6.45) is -1.24. The molecule has 13 heteroatoms. The van der Waals surface area contributed by atoms with Gasteiger partial charge in [-0.05, 0) is 29.8 Å². The van der Waals surface area contributed by atoms with Crippen LogP contribution in [0.3, 0.4) is 0 Å². The maximum absolute atomic E-state index is 14.5. The molecule has 2 heterocycles. The first kappa shape index (κ1) is 26.0. The fourth-order valence-electron chi connectivity index (χ4n) is 3.65. The molecule has 1 amide bonds. The maximum Gasteiger partial charge on any atom is 0.335 e. The minimum atomic E-state index is -1.12. The van der Waals surface area contributed by atoms with Crippen LogP contribution in [0.2, 0.25) is 0 Å². The standard InChI is InChI=1S/C24H23F2N3O8/c1-34-17-8-12(2-3-14(17)25)9-27-23(31)21-28-16-5-4-15(26)20(19(16)22(30)29-21)35-7-6-13-10-37-18(11-36-13)24(32)33/h2-5,8,13,18H,6-7,9-11H2,1H3,(H,27,31)(H,32,33)(H,28,29,30). The first-order valence-corrected chi connectivity index (χ1v) is 11.2. The smallest absolute Gasteiger partial charge is 0.335 e. The number of carbonyl (C=O) groups is 2. The number of aliphatic carboxylic acids is 1. The summed E-state index contributed by atoms with van der Waals surface area (Å²) in [5, 5.41) is 11.3. The van der Waals surface area contributed by atoms with Gasteiger partial charge in [0.05, 0.1) is 38.6 Å². The third kappa shape index (κ3) is 6.01. The summed E-state index contributed by atoms with van der Waals surface area (Å²) in [5.41, 5.74) is -0.191. The predicted octanol–water partition coefficient (Wildman–Crippen LogP) is 1.78. The van der Waals surface area contributed by atoms with E-state index in [1.54, 1.807) is 0 Å². The van der Waals surface area contributed by atoms with Crippen molar-refractivity contribution >= 4 is 22.8 Å². The Labute approximate surface area is 208 Å². The predicted molar refractivity (Wildman–Crippen MR) is 124 cm³/mol. The number of benzene rings is 2. The molecule has 1 aliphatic rings. The second-order valence-corrected chi connectivity index (χ2v) is 8.09. The van der Waals surface area contributed by atoms with Crippen LogP contribution in [0.15, 0.2) is 35.1 Å². The van der Waals surface area contributed by atoms with Gasteiger partial charge in [0.1, 0.15) is 5.39 Å². The third-order valence-electron chi connectivity index (χ3n) is 5.59. The number of nitrogens with zero attached hydrogens (tertiary/aromatic N) is 1. The van der Waals surface area contributed by atoms with Gasteiger partial charge in [0, 0.05) is 13.0 Å². The number of carboxylic acid groups (broad SMARTS) is 1. The van der Waals surface area contributed by atoms with Crippen molar-refractivity contribution < 1.29 is 42.4 Å². The number of nitrogens with one attached hydrogen (secondary N) is 2. The molecule has 3 N–H and O–H groups in total. The molecule has 0 spiro atoms. The molecule has 0 radical (unpaired) electrons. The summed E-state index contributed by atoms with van der Waals surface area (Å²) in [6.45, 7) is -0.130. The Hall–Kier alpha value is -4.10. The highest BCUT2D eigenvalue weighted by atomic mass is 19.1. The number of hydrogen-bond donors (Lipinski definition) is 3. The zero-order chi connectivity index (χ0) is 26.5. The summed E-state index contributed by atoms with van der Waals surface area (Å²) in [5.74, 6) is -3.79. The molecule has 0 saturated carbocycles. The van der Waals surface area contributed by atoms with Gasteiger partial charge in [0.25, 0.3) is 11.5 Å².